The molecule has 2 amide bonds. The Morgan fingerprint density at radius 3 is 2.67 bits per heavy atom. The molecule has 0 saturated heterocycles. The van der Waals surface area contributed by atoms with E-state index >= 15 is 0 Å². The third kappa shape index (κ3) is 6.09. The fourth-order valence-corrected chi connectivity index (χ4v) is 1.78. The van der Waals surface area contributed by atoms with E-state index in [9.17, 15) is 9.59 Å². The molecule has 18 heavy (non-hydrogen) atoms. The molecule has 0 aliphatic carbocycles. The number of nitrogens with two attached hydrogens (primary N) is 1. The molecule has 0 atom stereocenters. The summed E-state index contributed by atoms with van der Waals surface area (Å²) < 4.78 is 0. The number of hydrogen-bond donors (Lipinski definition) is 3. The molecule has 7 heteroatoms. The zero-order valence-corrected chi connectivity index (χ0v) is 10.9. The number of nitrogens with one attached hydrogen (secondary N) is 2. The summed E-state index contributed by atoms with van der Waals surface area (Å²) in [6, 6.07) is 3.51. The van der Waals surface area contributed by atoms with E-state index in [1.165, 1.54) is 18.7 Å². The minimum absolute atomic E-state index is 0.0935. The third-order valence-corrected chi connectivity index (χ3v) is 2.88. The molecule has 98 valence electrons. The van der Waals surface area contributed by atoms with Gasteiger partial charge in [-0.3, -0.25) is 9.59 Å². The van der Waals surface area contributed by atoms with Gasteiger partial charge < -0.3 is 16.4 Å². The van der Waals surface area contributed by atoms with Crippen LogP contribution in [0.25, 0.3) is 0 Å². The molecule has 1 aromatic heterocycles. The molecule has 0 radical (unpaired) electrons. The molecule has 0 unspecified atom stereocenters. The van der Waals surface area contributed by atoms with Crippen molar-refractivity contribution >= 4 is 29.3 Å². The van der Waals surface area contributed by atoms with Gasteiger partial charge in [0.2, 0.25) is 11.8 Å². The summed E-state index contributed by atoms with van der Waals surface area (Å²) in [5, 5.41) is 6.04. The zero-order chi connectivity index (χ0) is 13.4. The van der Waals surface area contributed by atoms with Crippen LogP contribution in [0.4, 0.5) is 5.69 Å². The van der Waals surface area contributed by atoms with Gasteiger partial charge in [-0.2, -0.15) is 0 Å². The van der Waals surface area contributed by atoms with Gasteiger partial charge >= 0.3 is 0 Å². The smallest absolute Gasteiger partial charge is 0.230 e. The first-order chi connectivity index (χ1) is 8.58. The van der Waals surface area contributed by atoms with Gasteiger partial charge in [-0.05, 0) is 12.1 Å². The van der Waals surface area contributed by atoms with Crippen molar-refractivity contribution in [2.75, 3.05) is 24.6 Å². The van der Waals surface area contributed by atoms with E-state index in [-0.39, 0.29) is 17.6 Å². The van der Waals surface area contributed by atoms with E-state index in [2.05, 4.69) is 15.6 Å². The molecule has 1 rings (SSSR count). The summed E-state index contributed by atoms with van der Waals surface area (Å²) in [5.41, 5.74) is 6.10. The summed E-state index contributed by atoms with van der Waals surface area (Å²) in [4.78, 5) is 26.1. The average Bonchev–Trinajstić information content (AvgIpc) is 2.34. The number of carbonyl (C=O) groups excluding carboxylic acids is 2. The average molecular weight is 268 g/mol. The van der Waals surface area contributed by atoms with Gasteiger partial charge in [0, 0.05) is 20.0 Å². The molecule has 0 aliphatic rings. The van der Waals surface area contributed by atoms with Crippen LogP contribution in [0, 0.1) is 0 Å². The highest BCUT2D eigenvalue weighted by Crippen LogP contribution is 2.15. The lowest BCUT2D eigenvalue weighted by Gasteiger charge is -2.05. The Kier molecular flexibility index (Phi) is 5.99. The van der Waals surface area contributed by atoms with Crippen molar-refractivity contribution in [1.82, 2.24) is 15.6 Å². The SMILES string of the molecule is CC(=O)NCCNC(=O)CSc1ccc(N)cn1. The van der Waals surface area contributed by atoms with Gasteiger partial charge in [-0.15, -0.1) is 0 Å². The largest absolute Gasteiger partial charge is 0.397 e. The van der Waals surface area contributed by atoms with E-state index in [1.54, 1.807) is 18.3 Å². The molecular formula is C11H16N4O2S. The number of rotatable bonds is 6. The molecule has 1 heterocycles. The molecular weight excluding hydrogens is 252 g/mol. The van der Waals surface area contributed by atoms with Gasteiger partial charge in [-0.25, -0.2) is 4.98 Å². The van der Waals surface area contributed by atoms with Crippen LogP contribution in [0.15, 0.2) is 23.4 Å². The second kappa shape index (κ2) is 7.54. The normalized spacial score (nSPS) is 9.83. The number of nitrogens with zero attached hydrogens (tertiary/aromatic N) is 1. The Hall–Kier alpha value is -1.76. The Morgan fingerprint density at radius 1 is 1.33 bits per heavy atom. The van der Waals surface area contributed by atoms with E-state index in [4.69, 9.17) is 5.73 Å². The Bertz CT molecular complexity index is 408. The van der Waals surface area contributed by atoms with Crippen LogP contribution >= 0.6 is 11.8 Å². The van der Waals surface area contributed by atoms with Crippen molar-refractivity contribution in [2.45, 2.75) is 11.9 Å². The fourth-order valence-electron chi connectivity index (χ4n) is 1.11. The molecule has 6 nitrogen and oxygen atoms in total. The minimum atomic E-state index is -0.107. The number of aromatic nitrogens is 1. The second-order valence-electron chi connectivity index (χ2n) is 3.55. The van der Waals surface area contributed by atoms with Crippen molar-refractivity contribution in [2.24, 2.45) is 0 Å². The number of anilines is 1. The minimum Gasteiger partial charge on any atom is -0.397 e. The molecule has 0 bridgehead atoms. The first-order valence-corrected chi connectivity index (χ1v) is 6.42. The topological polar surface area (TPSA) is 97.1 Å². The summed E-state index contributed by atoms with van der Waals surface area (Å²) in [7, 11) is 0. The highest BCUT2D eigenvalue weighted by atomic mass is 32.2. The lowest BCUT2D eigenvalue weighted by atomic mass is 10.4. The number of nitrogen functional groups attached to an aromatic ring is 1. The number of amides is 2. The second-order valence-corrected chi connectivity index (χ2v) is 4.55. The van der Waals surface area contributed by atoms with E-state index in [1.807, 2.05) is 0 Å². The summed E-state index contributed by atoms with van der Waals surface area (Å²) in [6.07, 6.45) is 1.55. The highest BCUT2D eigenvalue weighted by molar-refractivity contribution is 7.99. The van der Waals surface area contributed by atoms with E-state index in [0.29, 0.717) is 18.8 Å². The predicted octanol–water partition coefficient (Wildman–Crippen LogP) is 0.00820. The lowest BCUT2D eigenvalue weighted by molar-refractivity contribution is -0.120. The van der Waals surface area contributed by atoms with Gasteiger partial charge in [-0.1, -0.05) is 11.8 Å². The van der Waals surface area contributed by atoms with Crippen molar-refractivity contribution in [3.8, 4) is 0 Å². The van der Waals surface area contributed by atoms with Crippen LogP contribution in [-0.4, -0.2) is 35.6 Å². The molecule has 4 N–H and O–H groups in total. The fraction of sp³-hybridized carbons (Fsp3) is 0.364. The van der Waals surface area contributed by atoms with Gasteiger partial charge in [0.1, 0.15) is 0 Å². The summed E-state index contributed by atoms with van der Waals surface area (Å²) >= 11 is 1.34. The summed E-state index contributed by atoms with van der Waals surface area (Å²) in [5.74, 6) is 0.0884. The molecule has 0 saturated carbocycles. The molecule has 0 aliphatic heterocycles. The van der Waals surface area contributed by atoms with Crippen molar-refractivity contribution in [3.63, 3.8) is 0 Å². The first kappa shape index (κ1) is 14.3. The molecule has 0 spiro atoms. The van der Waals surface area contributed by atoms with Gasteiger partial charge in [0.05, 0.1) is 22.7 Å². The number of hydrogen-bond acceptors (Lipinski definition) is 5. The maximum absolute atomic E-state index is 11.4. The molecule has 1 aromatic rings. The third-order valence-electron chi connectivity index (χ3n) is 1.93. The van der Waals surface area contributed by atoms with Gasteiger partial charge in [0.15, 0.2) is 0 Å². The molecule has 0 fully saturated rings. The number of pyridine rings is 1. The van der Waals surface area contributed by atoms with Crippen LogP contribution in [0.3, 0.4) is 0 Å². The maximum Gasteiger partial charge on any atom is 0.230 e. The first-order valence-electron chi connectivity index (χ1n) is 5.43. The van der Waals surface area contributed by atoms with Gasteiger partial charge in [0.25, 0.3) is 0 Å². The number of carbonyl (C=O) groups is 2. The number of thioether (sulfide) groups is 1. The zero-order valence-electron chi connectivity index (χ0n) is 10.1. The van der Waals surface area contributed by atoms with E-state index < -0.39 is 0 Å². The Morgan fingerprint density at radius 2 is 2.06 bits per heavy atom. The molecule has 0 aromatic carbocycles. The summed E-state index contributed by atoms with van der Waals surface area (Å²) in [6.45, 7) is 2.30. The quantitative estimate of drug-likeness (QED) is 0.499. The van der Waals surface area contributed by atoms with E-state index in [0.717, 1.165) is 5.03 Å². The lowest BCUT2D eigenvalue weighted by Crippen LogP contribution is -2.34. The van der Waals surface area contributed by atoms with Crippen LogP contribution in [0.2, 0.25) is 0 Å². The Labute approximate surface area is 110 Å². The van der Waals surface area contributed by atoms with Crippen LogP contribution in [0.1, 0.15) is 6.92 Å². The Balaban J connectivity index is 2.17. The van der Waals surface area contributed by atoms with Crippen molar-refractivity contribution < 1.29 is 9.59 Å². The highest BCUT2D eigenvalue weighted by Gasteiger charge is 2.03. The monoisotopic (exact) mass is 268 g/mol. The van der Waals surface area contributed by atoms with Crippen molar-refractivity contribution in [1.29, 1.82) is 0 Å². The standard InChI is InChI=1S/C11H16N4O2S/c1-8(16)13-4-5-14-10(17)7-18-11-3-2-9(12)6-15-11/h2-3,6H,4-5,7,12H2,1H3,(H,13,16)(H,14,17). The van der Waals surface area contributed by atoms with Crippen LogP contribution in [-0.2, 0) is 9.59 Å². The van der Waals surface area contributed by atoms with Crippen LogP contribution in [0.5, 0.6) is 0 Å². The maximum atomic E-state index is 11.4. The van der Waals surface area contributed by atoms with Crippen LogP contribution < -0.4 is 16.4 Å². The van der Waals surface area contributed by atoms with Crippen molar-refractivity contribution in [3.05, 3.63) is 18.3 Å². The predicted molar refractivity (Wildman–Crippen MR) is 71.1 cm³/mol.